The van der Waals surface area contributed by atoms with Crippen molar-refractivity contribution in [2.45, 2.75) is 60.3 Å². The monoisotopic (exact) mass is 411 g/mol. The summed E-state index contributed by atoms with van der Waals surface area (Å²) in [5, 5.41) is 2.22. The summed E-state index contributed by atoms with van der Waals surface area (Å²) < 4.78 is 38.5. The highest BCUT2D eigenvalue weighted by Gasteiger charge is 2.37. The number of anilines is 2. The Morgan fingerprint density at radius 3 is 2.29 bits per heavy atom. The van der Waals surface area contributed by atoms with Gasteiger partial charge in [-0.2, -0.15) is 13.2 Å². The number of nitrogens with zero attached hydrogens (tertiary/aromatic N) is 2. The second kappa shape index (κ2) is 7.06. The second-order valence-corrected chi connectivity index (χ2v) is 9.57. The van der Waals surface area contributed by atoms with Gasteiger partial charge in [-0.1, -0.05) is 20.8 Å². The first-order chi connectivity index (χ1) is 12.8. The number of rotatable bonds is 3. The number of carbonyl (C=O) groups is 1. The molecular weight excluding hydrogens is 387 g/mol. The number of carbonyl (C=O) groups excluding carboxylic acids is 1. The van der Waals surface area contributed by atoms with E-state index in [4.69, 9.17) is 0 Å². The molecule has 3 rings (SSSR count). The normalized spacial score (nSPS) is 14.4. The lowest BCUT2D eigenvalue weighted by Gasteiger charge is -2.22. The lowest BCUT2D eigenvalue weighted by Crippen LogP contribution is -2.21. The molecule has 152 valence electrons. The minimum atomic E-state index is -4.39. The highest BCUT2D eigenvalue weighted by Crippen LogP contribution is 2.39. The molecule has 1 aromatic carbocycles. The predicted molar refractivity (Wildman–Crippen MR) is 106 cm³/mol. The Kier molecular flexibility index (Phi) is 5.20. The van der Waals surface area contributed by atoms with E-state index in [1.807, 2.05) is 51.7 Å². The van der Waals surface area contributed by atoms with Gasteiger partial charge in [0.25, 0.3) is 0 Å². The van der Waals surface area contributed by atoms with Gasteiger partial charge in [0.1, 0.15) is 0 Å². The lowest BCUT2D eigenvalue weighted by molar-refractivity contribution is -0.137. The zero-order chi connectivity index (χ0) is 20.9. The maximum absolute atomic E-state index is 12.8. The molecule has 1 amide bonds. The van der Waals surface area contributed by atoms with Gasteiger partial charge in [-0.3, -0.25) is 4.79 Å². The number of benzene rings is 1. The molecule has 28 heavy (non-hydrogen) atoms. The number of nitrogens with one attached hydrogen (secondary N) is 1. The molecule has 0 saturated carbocycles. The van der Waals surface area contributed by atoms with Crippen LogP contribution in [0, 0.1) is 19.3 Å². The number of hydrogen-bond acceptors (Lipinski definition) is 4. The lowest BCUT2D eigenvalue weighted by atomic mass is 9.92. The smallest absolute Gasteiger partial charge is 0.360 e. The first-order valence-corrected chi connectivity index (χ1v) is 9.87. The molecule has 8 heteroatoms. The van der Waals surface area contributed by atoms with Gasteiger partial charge < -0.3 is 10.2 Å². The zero-order valence-electron chi connectivity index (χ0n) is 16.6. The fourth-order valence-corrected chi connectivity index (χ4v) is 4.28. The third kappa shape index (κ3) is 4.48. The first-order valence-electron chi connectivity index (χ1n) is 9.05. The van der Waals surface area contributed by atoms with E-state index in [9.17, 15) is 18.0 Å². The van der Waals surface area contributed by atoms with E-state index in [0.717, 1.165) is 33.8 Å². The SMILES string of the molecule is Cc1cc(N2Cc3nc(C(F)(F)F)sc3C2)cc(C)c1NC(=O)CC(C)(C)C. The van der Waals surface area contributed by atoms with Crippen LogP contribution in [0.25, 0.3) is 0 Å². The Morgan fingerprint density at radius 1 is 1.18 bits per heavy atom. The summed E-state index contributed by atoms with van der Waals surface area (Å²) in [6.45, 7) is 10.7. The molecular formula is C20H24F3N3OS. The third-order valence-electron chi connectivity index (χ3n) is 4.53. The molecule has 2 heterocycles. The first kappa shape index (κ1) is 20.6. The molecule has 1 aromatic heterocycles. The summed E-state index contributed by atoms with van der Waals surface area (Å²) in [5.41, 5.74) is 3.97. The van der Waals surface area contributed by atoms with Crippen molar-refractivity contribution in [3.05, 3.63) is 38.8 Å². The van der Waals surface area contributed by atoms with Gasteiger partial charge in [-0.15, -0.1) is 11.3 Å². The van der Waals surface area contributed by atoms with Gasteiger partial charge in [-0.25, -0.2) is 4.98 Å². The van der Waals surface area contributed by atoms with E-state index >= 15 is 0 Å². The number of amides is 1. The Hall–Kier alpha value is -2.09. The molecule has 4 nitrogen and oxygen atoms in total. The molecule has 0 radical (unpaired) electrons. The van der Waals surface area contributed by atoms with Crippen LogP contribution in [0.15, 0.2) is 12.1 Å². The quantitative estimate of drug-likeness (QED) is 0.707. The molecule has 0 fully saturated rings. The summed E-state index contributed by atoms with van der Waals surface area (Å²) in [7, 11) is 0. The van der Waals surface area contributed by atoms with Gasteiger partial charge in [0.15, 0.2) is 5.01 Å². The van der Waals surface area contributed by atoms with Gasteiger partial charge >= 0.3 is 6.18 Å². The topological polar surface area (TPSA) is 45.2 Å². The highest BCUT2D eigenvalue weighted by molar-refractivity contribution is 7.11. The Balaban J connectivity index is 1.76. The average molecular weight is 411 g/mol. The minimum absolute atomic E-state index is 0.0290. The molecule has 0 aliphatic carbocycles. The number of halogens is 3. The number of alkyl halides is 3. The van der Waals surface area contributed by atoms with Crippen LogP contribution < -0.4 is 10.2 Å². The van der Waals surface area contributed by atoms with Crippen LogP contribution in [-0.4, -0.2) is 10.9 Å². The Labute approximate surface area is 166 Å². The van der Waals surface area contributed by atoms with Crippen molar-refractivity contribution in [2.75, 3.05) is 10.2 Å². The minimum Gasteiger partial charge on any atom is -0.360 e. The molecule has 1 N–H and O–H groups in total. The van der Waals surface area contributed by atoms with Gasteiger partial charge in [-0.05, 0) is 42.5 Å². The molecule has 2 aromatic rings. The number of hydrogen-bond donors (Lipinski definition) is 1. The standard InChI is InChI=1S/C20H24F3N3OS/c1-11-6-13(7-12(2)17(11)25-16(27)8-19(3,4)5)26-9-14-15(10-26)28-18(24-14)20(21,22)23/h6-7H,8-10H2,1-5H3,(H,25,27). The van der Waals surface area contributed by atoms with Gasteiger partial charge in [0.05, 0.1) is 18.8 Å². The Morgan fingerprint density at radius 2 is 1.79 bits per heavy atom. The van der Waals surface area contributed by atoms with Gasteiger partial charge in [0.2, 0.25) is 5.91 Å². The van der Waals surface area contributed by atoms with Gasteiger partial charge in [0, 0.05) is 22.7 Å². The van der Waals surface area contributed by atoms with Crippen molar-refractivity contribution < 1.29 is 18.0 Å². The van der Waals surface area contributed by atoms with Crippen molar-refractivity contribution >= 4 is 28.6 Å². The van der Waals surface area contributed by atoms with Crippen molar-refractivity contribution in [3.8, 4) is 0 Å². The van der Waals surface area contributed by atoms with E-state index in [1.165, 1.54) is 0 Å². The zero-order valence-corrected chi connectivity index (χ0v) is 17.4. The van der Waals surface area contributed by atoms with Crippen LogP contribution >= 0.6 is 11.3 Å². The van der Waals surface area contributed by atoms with Crippen molar-refractivity contribution in [2.24, 2.45) is 5.41 Å². The summed E-state index contributed by atoms with van der Waals surface area (Å²) in [4.78, 5) is 18.7. The number of aromatic nitrogens is 1. The van der Waals surface area contributed by atoms with E-state index < -0.39 is 11.2 Å². The summed E-state index contributed by atoms with van der Waals surface area (Å²) in [6, 6.07) is 3.92. The molecule has 0 atom stereocenters. The van der Waals surface area contributed by atoms with Crippen LogP contribution in [-0.2, 0) is 24.1 Å². The largest absolute Gasteiger partial charge is 0.443 e. The number of thiazole rings is 1. The fourth-order valence-electron chi connectivity index (χ4n) is 3.33. The van der Waals surface area contributed by atoms with Crippen LogP contribution in [0.2, 0.25) is 0 Å². The molecule has 0 spiro atoms. The van der Waals surface area contributed by atoms with Crippen LogP contribution in [0.3, 0.4) is 0 Å². The molecule has 1 aliphatic heterocycles. The summed E-state index contributed by atoms with van der Waals surface area (Å²) >= 11 is 0.718. The maximum atomic E-state index is 12.8. The van der Waals surface area contributed by atoms with Crippen LogP contribution in [0.1, 0.15) is 53.9 Å². The average Bonchev–Trinajstić information content (AvgIpc) is 3.07. The number of aryl methyl sites for hydroxylation is 2. The Bertz CT molecular complexity index is 866. The molecule has 1 aliphatic rings. The summed E-state index contributed by atoms with van der Waals surface area (Å²) in [5.74, 6) is -0.0290. The van der Waals surface area contributed by atoms with E-state index in [-0.39, 0.29) is 11.3 Å². The van der Waals surface area contributed by atoms with E-state index in [2.05, 4.69) is 10.3 Å². The van der Waals surface area contributed by atoms with Crippen molar-refractivity contribution in [1.82, 2.24) is 4.98 Å². The van der Waals surface area contributed by atoms with Crippen LogP contribution in [0.4, 0.5) is 24.5 Å². The summed E-state index contributed by atoms with van der Waals surface area (Å²) in [6.07, 6.45) is -3.97. The number of fused-ring (bicyclic) bond motifs is 1. The fraction of sp³-hybridized carbons (Fsp3) is 0.500. The van der Waals surface area contributed by atoms with Crippen molar-refractivity contribution in [3.63, 3.8) is 0 Å². The third-order valence-corrected chi connectivity index (χ3v) is 5.66. The highest BCUT2D eigenvalue weighted by atomic mass is 32.1. The molecule has 0 bridgehead atoms. The van der Waals surface area contributed by atoms with E-state index in [1.54, 1.807) is 0 Å². The molecule has 0 unspecified atom stereocenters. The van der Waals surface area contributed by atoms with E-state index in [0.29, 0.717) is 30.1 Å². The van der Waals surface area contributed by atoms with Crippen LogP contribution in [0.5, 0.6) is 0 Å². The molecule has 0 saturated heterocycles. The maximum Gasteiger partial charge on any atom is 0.443 e. The van der Waals surface area contributed by atoms with Crippen molar-refractivity contribution in [1.29, 1.82) is 0 Å². The predicted octanol–water partition coefficient (Wildman–Crippen LogP) is 5.67. The second-order valence-electron chi connectivity index (χ2n) is 8.48.